The van der Waals surface area contributed by atoms with Gasteiger partial charge in [-0.25, -0.2) is 4.39 Å². The van der Waals surface area contributed by atoms with Gasteiger partial charge in [-0.05, 0) is 24.6 Å². The summed E-state index contributed by atoms with van der Waals surface area (Å²) in [7, 11) is 0. The van der Waals surface area contributed by atoms with Crippen molar-refractivity contribution in [1.29, 1.82) is 0 Å². The van der Waals surface area contributed by atoms with Crippen LogP contribution in [0.5, 0.6) is 0 Å². The molecule has 1 aromatic carbocycles. The van der Waals surface area contributed by atoms with Crippen molar-refractivity contribution in [3.05, 3.63) is 29.6 Å². The Kier molecular flexibility index (Phi) is 3.28. The van der Waals surface area contributed by atoms with Gasteiger partial charge in [0.15, 0.2) is 0 Å². The van der Waals surface area contributed by atoms with E-state index in [0.29, 0.717) is 25.3 Å². The first kappa shape index (κ1) is 11.9. The van der Waals surface area contributed by atoms with Gasteiger partial charge in [-0.2, -0.15) is 0 Å². The number of carbonyl (C=O) groups is 1. The number of hydrogen-bond donors (Lipinski definition) is 2. The first-order valence-electron chi connectivity index (χ1n) is 5.66. The third kappa shape index (κ3) is 2.24. The third-order valence-electron chi connectivity index (χ3n) is 3.06. The highest BCUT2D eigenvalue weighted by Crippen LogP contribution is 2.23. The van der Waals surface area contributed by atoms with Crippen molar-refractivity contribution in [2.75, 3.05) is 18.0 Å². The van der Waals surface area contributed by atoms with Crippen molar-refractivity contribution < 1.29 is 9.18 Å². The molecule has 0 radical (unpaired) electrons. The maximum absolute atomic E-state index is 13.9. The molecule has 0 aliphatic carbocycles. The number of nitrogens with zero attached hydrogens (tertiary/aromatic N) is 1. The van der Waals surface area contributed by atoms with Crippen molar-refractivity contribution in [3.8, 4) is 0 Å². The summed E-state index contributed by atoms with van der Waals surface area (Å²) in [5, 5.41) is 2.75. The van der Waals surface area contributed by atoms with Crippen LogP contribution in [-0.4, -0.2) is 25.0 Å². The number of rotatable bonds is 2. The third-order valence-corrected chi connectivity index (χ3v) is 3.06. The number of hydrogen-bond acceptors (Lipinski definition) is 3. The minimum Gasteiger partial charge on any atom is -0.356 e. The lowest BCUT2D eigenvalue weighted by molar-refractivity contribution is -0.122. The van der Waals surface area contributed by atoms with Crippen LogP contribution in [0.2, 0.25) is 0 Å². The molecule has 1 aromatic rings. The normalized spacial score (nSPS) is 20.3. The summed E-state index contributed by atoms with van der Waals surface area (Å²) >= 11 is 0. The summed E-state index contributed by atoms with van der Waals surface area (Å²) in [6.45, 7) is 3.24. The van der Waals surface area contributed by atoms with Crippen LogP contribution >= 0.6 is 0 Å². The number of nitrogens with two attached hydrogens (primary N) is 1. The maximum atomic E-state index is 13.9. The topological polar surface area (TPSA) is 58.4 Å². The average molecular weight is 237 g/mol. The van der Waals surface area contributed by atoms with E-state index in [-0.39, 0.29) is 17.8 Å². The van der Waals surface area contributed by atoms with Gasteiger partial charge in [0.25, 0.3) is 0 Å². The predicted molar refractivity (Wildman–Crippen MR) is 64.1 cm³/mol. The molecular weight excluding hydrogens is 221 g/mol. The zero-order valence-corrected chi connectivity index (χ0v) is 9.74. The fourth-order valence-electron chi connectivity index (χ4n) is 2.02. The fraction of sp³-hybridized carbons (Fsp3) is 0.417. The summed E-state index contributed by atoms with van der Waals surface area (Å²) in [6, 6.07) is 4.56. The van der Waals surface area contributed by atoms with Gasteiger partial charge in [0, 0.05) is 19.6 Å². The van der Waals surface area contributed by atoms with E-state index in [1.807, 2.05) is 0 Å². The Morgan fingerprint density at radius 1 is 1.59 bits per heavy atom. The van der Waals surface area contributed by atoms with E-state index in [4.69, 9.17) is 5.73 Å². The highest BCUT2D eigenvalue weighted by atomic mass is 19.1. The minimum absolute atomic E-state index is 0.0708. The van der Waals surface area contributed by atoms with E-state index in [2.05, 4.69) is 5.32 Å². The number of nitrogens with one attached hydrogen (secondary N) is 1. The van der Waals surface area contributed by atoms with Crippen LogP contribution < -0.4 is 16.0 Å². The molecule has 1 heterocycles. The standard InChI is InChI=1S/C12H16FN3O/c1-8-12(17)15-4-5-16(8)11-3-2-9(7-14)6-10(11)13/h2-3,6,8H,4-5,7,14H2,1H3,(H,15,17). The van der Waals surface area contributed by atoms with E-state index >= 15 is 0 Å². The van der Waals surface area contributed by atoms with Crippen LogP contribution in [0.25, 0.3) is 0 Å². The smallest absolute Gasteiger partial charge is 0.242 e. The van der Waals surface area contributed by atoms with Crippen molar-refractivity contribution in [3.63, 3.8) is 0 Å². The first-order valence-corrected chi connectivity index (χ1v) is 5.66. The number of amides is 1. The molecule has 0 bridgehead atoms. The summed E-state index contributed by atoms with van der Waals surface area (Å²) in [5.41, 5.74) is 6.67. The zero-order valence-electron chi connectivity index (χ0n) is 9.74. The fourth-order valence-corrected chi connectivity index (χ4v) is 2.02. The highest BCUT2D eigenvalue weighted by Gasteiger charge is 2.27. The Morgan fingerprint density at radius 3 is 3.00 bits per heavy atom. The Bertz CT molecular complexity index is 436. The van der Waals surface area contributed by atoms with Crippen molar-refractivity contribution in [2.45, 2.75) is 19.5 Å². The van der Waals surface area contributed by atoms with E-state index in [0.717, 1.165) is 5.56 Å². The molecule has 3 N–H and O–H groups in total. The van der Waals surface area contributed by atoms with Crippen molar-refractivity contribution in [2.24, 2.45) is 5.73 Å². The Labute approximate surface area is 99.6 Å². The van der Waals surface area contributed by atoms with Crippen LogP contribution in [0, 0.1) is 5.82 Å². The molecule has 2 rings (SSSR count). The van der Waals surface area contributed by atoms with E-state index < -0.39 is 0 Å². The number of piperazine rings is 1. The summed E-state index contributed by atoms with van der Waals surface area (Å²) in [6.07, 6.45) is 0. The van der Waals surface area contributed by atoms with E-state index in [1.165, 1.54) is 6.07 Å². The second-order valence-corrected chi connectivity index (χ2v) is 4.15. The summed E-state index contributed by atoms with van der Waals surface area (Å²) in [4.78, 5) is 13.3. The molecule has 17 heavy (non-hydrogen) atoms. The van der Waals surface area contributed by atoms with Gasteiger partial charge in [-0.15, -0.1) is 0 Å². The number of carbonyl (C=O) groups excluding carboxylic acids is 1. The molecule has 4 nitrogen and oxygen atoms in total. The molecule has 1 aliphatic rings. The second-order valence-electron chi connectivity index (χ2n) is 4.15. The van der Waals surface area contributed by atoms with E-state index in [1.54, 1.807) is 24.0 Å². The van der Waals surface area contributed by atoms with Gasteiger partial charge >= 0.3 is 0 Å². The number of benzene rings is 1. The van der Waals surface area contributed by atoms with Gasteiger partial charge in [0.05, 0.1) is 5.69 Å². The molecule has 1 saturated heterocycles. The molecule has 0 spiro atoms. The first-order chi connectivity index (χ1) is 8.13. The maximum Gasteiger partial charge on any atom is 0.242 e. The van der Waals surface area contributed by atoms with Gasteiger partial charge in [-0.3, -0.25) is 4.79 Å². The Hall–Kier alpha value is -1.62. The van der Waals surface area contributed by atoms with Gasteiger partial charge < -0.3 is 16.0 Å². The largest absolute Gasteiger partial charge is 0.356 e. The molecule has 5 heteroatoms. The second kappa shape index (κ2) is 4.71. The molecular formula is C12H16FN3O. The molecule has 92 valence electrons. The van der Waals surface area contributed by atoms with Crippen molar-refractivity contribution >= 4 is 11.6 Å². The Morgan fingerprint density at radius 2 is 2.35 bits per heavy atom. The van der Waals surface area contributed by atoms with Gasteiger partial charge in [0.1, 0.15) is 11.9 Å². The lowest BCUT2D eigenvalue weighted by atomic mass is 10.1. The molecule has 1 aliphatic heterocycles. The van der Waals surface area contributed by atoms with Gasteiger partial charge in [-0.1, -0.05) is 6.07 Å². The zero-order chi connectivity index (χ0) is 12.4. The van der Waals surface area contributed by atoms with Crippen molar-refractivity contribution in [1.82, 2.24) is 5.32 Å². The average Bonchev–Trinajstić information content (AvgIpc) is 2.33. The quantitative estimate of drug-likeness (QED) is 0.792. The van der Waals surface area contributed by atoms with Crippen LogP contribution in [0.15, 0.2) is 18.2 Å². The predicted octanol–water partition coefficient (Wildman–Crippen LogP) is 0.609. The number of halogens is 1. The highest BCUT2D eigenvalue weighted by molar-refractivity contribution is 5.86. The monoisotopic (exact) mass is 237 g/mol. The molecule has 1 fully saturated rings. The lowest BCUT2D eigenvalue weighted by Gasteiger charge is -2.34. The minimum atomic E-state index is -0.345. The Balaban J connectivity index is 2.30. The molecule has 0 saturated carbocycles. The molecule has 0 aromatic heterocycles. The molecule has 1 amide bonds. The van der Waals surface area contributed by atoms with Crippen LogP contribution in [0.4, 0.5) is 10.1 Å². The number of anilines is 1. The lowest BCUT2D eigenvalue weighted by Crippen LogP contribution is -2.54. The molecule has 1 unspecified atom stereocenters. The summed E-state index contributed by atoms with van der Waals surface area (Å²) in [5.74, 6) is -0.395. The summed E-state index contributed by atoms with van der Waals surface area (Å²) < 4.78 is 13.9. The van der Waals surface area contributed by atoms with E-state index in [9.17, 15) is 9.18 Å². The molecule has 1 atom stereocenters. The SMILES string of the molecule is CC1C(=O)NCCN1c1ccc(CN)cc1F. The van der Waals surface area contributed by atoms with Gasteiger partial charge in [0.2, 0.25) is 5.91 Å². The van der Waals surface area contributed by atoms with Crippen LogP contribution in [0.1, 0.15) is 12.5 Å². The van der Waals surface area contributed by atoms with Crippen LogP contribution in [0.3, 0.4) is 0 Å². The van der Waals surface area contributed by atoms with Crippen LogP contribution in [-0.2, 0) is 11.3 Å².